The van der Waals surface area contributed by atoms with Crippen molar-refractivity contribution < 1.29 is 23.9 Å². The third-order valence-electron chi connectivity index (χ3n) is 4.62. The number of aryl methyl sites for hydroxylation is 3. The first-order chi connectivity index (χ1) is 14.2. The highest BCUT2D eigenvalue weighted by Gasteiger charge is 2.25. The van der Waals surface area contributed by atoms with Crippen molar-refractivity contribution in [2.24, 2.45) is 0 Å². The summed E-state index contributed by atoms with van der Waals surface area (Å²) in [4.78, 5) is 41.4. The number of methoxy groups -OCH3 is 1. The quantitative estimate of drug-likeness (QED) is 0.701. The van der Waals surface area contributed by atoms with Gasteiger partial charge in [-0.1, -0.05) is 6.07 Å². The van der Waals surface area contributed by atoms with Crippen LogP contribution in [0.25, 0.3) is 0 Å². The van der Waals surface area contributed by atoms with Crippen LogP contribution in [0.4, 0.5) is 5.69 Å². The minimum Gasteiger partial charge on any atom is -0.465 e. The topological polar surface area (TPSA) is 112 Å². The summed E-state index contributed by atoms with van der Waals surface area (Å²) >= 11 is 0. The van der Waals surface area contributed by atoms with Crippen LogP contribution in [0.15, 0.2) is 18.2 Å². The van der Waals surface area contributed by atoms with E-state index in [1.54, 1.807) is 13.8 Å². The number of hydrogen-bond donors (Lipinski definition) is 1. The molecule has 8 nitrogen and oxygen atoms in total. The molecule has 0 bridgehead atoms. The lowest BCUT2D eigenvalue weighted by Crippen LogP contribution is -2.35. The molecule has 1 aromatic carbocycles. The summed E-state index contributed by atoms with van der Waals surface area (Å²) < 4.78 is 9.93. The number of nitriles is 1. The van der Waals surface area contributed by atoms with E-state index in [9.17, 15) is 14.4 Å². The first-order valence-electron chi connectivity index (χ1n) is 9.39. The number of aromatic nitrogens is 1. The van der Waals surface area contributed by atoms with Gasteiger partial charge in [-0.05, 0) is 56.5 Å². The fourth-order valence-electron chi connectivity index (χ4n) is 3.31. The van der Waals surface area contributed by atoms with E-state index in [-0.39, 0.29) is 24.2 Å². The second kappa shape index (κ2) is 9.74. The van der Waals surface area contributed by atoms with Gasteiger partial charge < -0.3 is 19.4 Å². The Balaban J connectivity index is 2.18. The maximum absolute atomic E-state index is 12.8. The number of rotatable bonds is 7. The van der Waals surface area contributed by atoms with Gasteiger partial charge in [0.05, 0.1) is 25.2 Å². The van der Waals surface area contributed by atoms with E-state index in [4.69, 9.17) is 14.7 Å². The highest BCUT2D eigenvalue weighted by Crippen LogP contribution is 2.21. The van der Waals surface area contributed by atoms with Crippen LogP contribution in [0, 0.1) is 39.0 Å². The molecule has 0 fully saturated rings. The minimum absolute atomic E-state index is 0.0932. The maximum Gasteiger partial charge on any atom is 0.355 e. The van der Waals surface area contributed by atoms with Crippen LogP contribution < -0.4 is 4.90 Å². The number of anilines is 1. The predicted octanol–water partition coefficient (Wildman–Crippen LogP) is 3.14. The van der Waals surface area contributed by atoms with Crippen LogP contribution >= 0.6 is 0 Å². The Morgan fingerprint density at radius 2 is 1.70 bits per heavy atom. The molecule has 0 unspecified atom stereocenters. The SMILES string of the molecule is COC(=O)c1c(C)[nH]c(C(=O)OCC(=O)N(CCC#N)c2cc(C)cc(C)c2)c1C. The number of esters is 2. The molecule has 0 saturated heterocycles. The fourth-order valence-corrected chi connectivity index (χ4v) is 3.31. The maximum atomic E-state index is 12.8. The zero-order valence-corrected chi connectivity index (χ0v) is 17.8. The molecule has 0 aliphatic heterocycles. The minimum atomic E-state index is -0.750. The van der Waals surface area contributed by atoms with Gasteiger partial charge in [-0.2, -0.15) is 5.26 Å². The van der Waals surface area contributed by atoms with Crippen molar-refractivity contribution in [3.63, 3.8) is 0 Å². The molecule has 0 aliphatic rings. The van der Waals surface area contributed by atoms with Gasteiger partial charge >= 0.3 is 11.9 Å². The summed E-state index contributed by atoms with van der Waals surface area (Å²) in [5.41, 5.74) is 3.83. The second-order valence-electron chi connectivity index (χ2n) is 6.99. The van der Waals surface area contributed by atoms with Gasteiger partial charge in [0.15, 0.2) is 6.61 Å². The number of ether oxygens (including phenoxy) is 2. The van der Waals surface area contributed by atoms with Crippen molar-refractivity contribution in [2.75, 3.05) is 25.2 Å². The van der Waals surface area contributed by atoms with Crippen LogP contribution in [0.5, 0.6) is 0 Å². The number of nitrogens with zero attached hydrogens (tertiary/aromatic N) is 2. The predicted molar refractivity (Wildman–Crippen MR) is 110 cm³/mol. The molecular formula is C22H25N3O5. The molecule has 2 rings (SSSR count). The lowest BCUT2D eigenvalue weighted by Gasteiger charge is -2.22. The van der Waals surface area contributed by atoms with Crippen molar-refractivity contribution in [1.82, 2.24) is 4.98 Å². The normalized spacial score (nSPS) is 10.3. The van der Waals surface area contributed by atoms with Gasteiger partial charge in [0.1, 0.15) is 5.69 Å². The van der Waals surface area contributed by atoms with Crippen molar-refractivity contribution in [3.8, 4) is 6.07 Å². The Morgan fingerprint density at radius 3 is 2.27 bits per heavy atom. The molecule has 0 saturated carbocycles. The fraction of sp³-hybridized carbons (Fsp3) is 0.364. The Morgan fingerprint density at radius 1 is 1.07 bits per heavy atom. The monoisotopic (exact) mass is 411 g/mol. The zero-order valence-electron chi connectivity index (χ0n) is 17.8. The van der Waals surface area contributed by atoms with E-state index in [1.807, 2.05) is 38.1 Å². The van der Waals surface area contributed by atoms with Gasteiger partial charge in [0.25, 0.3) is 5.91 Å². The Labute approximate surface area is 175 Å². The number of carbonyl (C=O) groups is 3. The van der Waals surface area contributed by atoms with E-state index in [1.165, 1.54) is 12.0 Å². The van der Waals surface area contributed by atoms with Gasteiger partial charge in [-0.25, -0.2) is 9.59 Å². The average Bonchev–Trinajstić information content (AvgIpc) is 2.99. The molecule has 1 N–H and O–H groups in total. The third-order valence-corrected chi connectivity index (χ3v) is 4.62. The zero-order chi connectivity index (χ0) is 22.4. The molecule has 8 heteroatoms. The molecule has 0 atom stereocenters. The standard InChI is InChI=1S/C22H25N3O5/c1-13-9-14(2)11-17(10-13)25(8-6-7-23)18(26)12-30-22(28)20-15(3)19(16(4)24-20)21(27)29-5/h9-11,24H,6,8,12H2,1-5H3. The van der Waals surface area contributed by atoms with Crippen LogP contribution in [0.2, 0.25) is 0 Å². The molecular weight excluding hydrogens is 386 g/mol. The molecule has 1 aromatic heterocycles. The number of nitrogens with one attached hydrogen (secondary N) is 1. The number of hydrogen-bond acceptors (Lipinski definition) is 6. The van der Waals surface area contributed by atoms with E-state index < -0.39 is 24.5 Å². The van der Waals surface area contributed by atoms with Crippen molar-refractivity contribution in [2.45, 2.75) is 34.1 Å². The van der Waals surface area contributed by atoms with Gasteiger partial charge in [0.2, 0.25) is 0 Å². The van der Waals surface area contributed by atoms with E-state index >= 15 is 0 Å². The Bertz CT molecular complexity index is 996. The van der Waals surface area contributed by atoms with Crippen molar-refractivity contribution in [3.05, 3.63) is 51.8 Å². The van der Waals surface area contributed by atoms with E-state index in [2.05, 4.69) is 4.98 Å². The summed E-state index contributed by atoms with van der Waals surface area (Å²) in [6, 6.07) is 7.68. The molecule has 2 aromatic rings. The van der Waals surface area contributed by atoms with Gasteiger partial charge in [-0.3, -0.25) is 4.79 Å². The molecule has 30 heavy (non-hydrogen) atoms. The number of benzene rings is 1. The first-order valence-corrected chi connectivity index (χ1v) is 9.39. The molecule has 0 aliphatic carbocycles. The van der Waals surface area contributed by atoms with Crippen LogP contribution in [0.1, 0.15) is 49.7 Å². The number of aromatic amines is 1. The number of carbonyl (C=O) groups excluding carboxylic acids is 3. The second-order valence-corrected chi connectivity index (χ2v) is 6.99. The van der Waals surface area contributed by atoms with Crippen molar-refractivity contribution >= 4 is 23.5 Å². The lowest BCUT2D eigenvalue weighted by atomic mass is 10.1. The van der Waals surface area contributed by atoms with Gasteiger partial charge in [0, 0.05) is 17.9 Å². The molecule has 1 amide bonds. The highest BCUT2D eigenvalue weighted by atomic mass is 16.5. The van der Waals surface area contributed by atoms with E-state index in [0.29, 0.717) is 16.9 Å². The number of amides is 1. The third kappa shape index (κ3) is 5.06. The van der Waals surface area contributed by atoms with Crippen LogP contribution in [-0.2, 0) is 14.3 Å². The highest BCUT2D eigenvalue weighted by molar-refractivity contribution is 6.00. The van der Waals surface area contributed by atoms with Gasteiger partial charge in [-0.15, -0.1) is 0 Å². The molecule has 1 heterocycles. The Kier molecular flexibility index (Phi) is 7.37. The largest absolute Gasteiger partial charge is 0.465 e. The molecule has 158 valence electrons. The molecule has 0 spiro atoms. The van der Waals surface area contributed by atoms with Crippen LogP contribution in [-0.4, -0.2) is 43.1 Å². The smallest absolute Gasteiger partial charge is 0.355 e. The first kappa shape index (κ1) is 22.7. The van der Waals surface area contributed by atoms with E-state index in [0.717, 1.165) is 11.1 Å². The summed E-state index contributed by atoms with van der Waals surface area (Å²) in [7, 11) is 1.26. The summed E-state index contributed by atoms with van der Waals surface area (Å²) in [6.45, 7) is 6.76. The summed E-state index contributed by atoms with van der Waals surface area (Å²) in [5.74, 6) is -1.76. The average molecular weight is 411 g/mol. The number of H-pyrrole nitrogens is 1. The lowest BCUT2D eigenvalue weighted by molar-refractivity contribution is -0.121. The summed E-state index contributed by atoms with van der Waals surface area (Å²) in [5, 5.41) is 8.93. The summed E-state index contributed by atoms with van der Waals surface area (Å²) in [6.07, 6.45) is 0.143. The Hall–Kier alpha value is -3.60. The van der Waals surface area contributed by atoms with Crippen molar-refractivity contribution in [1.29, 1.82) is 5.26 Å². The molecule has 0 radical (unpaired) electrons. The van der Waals surface area contributed by atoms with Crippen LogP contribution in [0.3, 0.4) is 0 Å².